The highest BCUT2D eigenvalue weighted by Gasteiger charge is 2.52. The Hall–Kier alpha value is -4.49. The maximum absolute atomic E-state index is 13.7. The van der Waals surface area contributed by atoms with Crippen molar-refractivity contribution < 1.29 is 29.5 Å². The van der Waals surface area contributed by atoms with Gasteiger partial charge in [0.05, 0.1) is 47.5 Å². The summed E-state index contributed by atoms with van der Waals surface area (Å²) in [6, 6.07) is 6.99. The molecule has 0 saturated carbocycles. The lowest BCUT2D eigenvalue weighted by Gasteiger charge is -2.31. The molecule has 0 aliphatic carbocycles. The summed E-state index contributed by atoms with van der Waals surface area (Å²) in [5, 5.41) is 39.5. The first kappa shape index (κ1) is 28.1. The second kappa shape index (κ2) is 9.85. The van der Waals surface area contributed by atoms with Crippen LogP contribution < -0.4 is 5.56 Å². The van der Waals surface area contributed by atoms with E-state index >= 15 is 0 Å². The number of carbonyl (C=O) groups is 2. The van der Waals surface area contributed by atoms with Crippen LogP contribution in [-0.4, -0.2) is 60.9 Å². The van der Waals surface area contributed by atoms with Gasteiger partial charge in [-0.3, -0.25) is 24.3 Å². The molecule has 2 N–H and O–H groups in total. The van der Waals surface area contributed by atoms with Gasteiger partial charge in [-0.2, -0.15) is 5.10 Å². The second-order valence-corrected chi connectivity index (χ2v) is 11.0. The van der Waals surface area contributed by atoms with E-state index in [4.69, 9.17) is 4.74 Å². The Morgan fingerprint density at radius 3 is 2.63 bits per heavy atom. The van der Waals surface area contributed by atoms with E-state index in [1.54, 1.807) is 45.0 Å². The molecule has 1 amide bonds. The van der Waals surface area contributed by atoms with Gasteiger partial charge in [0, 0.05) is 21.9 Å². The van der Waals surface area contributed by atoms with Crippen LogP contribution in [0.2, 0.25) is 0 Å². The lowest BCUT2D eigenvalue weighted by atomic mass is 9.84. The Morgan fingerprint density at radius 1 is 1.29 bits per heavy atom. The molecule has 1 atom stereocenters. The molecule has 0 fully saturated rings. The lowest BCUT2D eigenvalue weighted by Crippen LogP contribution is -2.45. The van der Waals surface area contributed by atoms with Crippen molar-refractivity contribution in [2.24, 2.45) is 10.5 Å². The number of esters is 1. The minimum atomic E-state index is -2.38. The minimum absolute atomic E-state index is 0.0562. The van der Waals surface area contributed by atoms with Gasteiger partial charge in [0.25, 0.3) is 5.56 Å². The van der Waals surface area contributed by atoms with Crippen molar-refractivity contribution in [1.29, 1.82) is 0 Å². The van der Waals surface area contributed by atoms with Gasteiger partial charge in [0.15, 0.2) is 5.60 Å². The number of hydrogen-bond acceptors (Lipinski definition) is 10. The molecule has 4 heterocycles. The number of benzene rings is 1. The Kier molecular flexibility index (Phi) is 6.74. The van der Waals surface area contributed by atoms with Gasteiger partial charge in [0.1, 0.15) is 18.0 Å². The van der Waals surface area contributed by atoms with Crippen LogP contribution in [0.25, 0.3) is 22.3 Å². The number of ether oxygens (including phenoxy) is 1. The third-order valence-corrected chi connectivity index (χ3v) is 7.42. The molecule has 0 radical (unpaired) electrons. The quantitative estimate of drug-likeness (QED) is 0.154. The number of aliphatic hydroxyl groups excluding tert-OH is 1. The molecule has 3 aromatic rings. The Bertz CT molecular complexity index is 1720. The number of nitrogens with zero attached hydrogens (tertiary/aromatic N) is 5. The summed E-state index contributed by atoms with van der Waals surface area (Å²) >= 11 is 0. The molecule has 5 rings (SSSR count). The molecule has 214 valence electrons. The van der Waals surface area contributed by atoms with Crippen molar-refractivity contribution in [3.8, 4) is 11.4 Å². The van der Waals surface area contributed by atoms with Crippen molar-refractivity contribution in [2.75, 3.05) is 13.2 Å². The second-order valence-electron chi connectivity index (χ2n) is 11.0. The molecule has 0 spiro atoms. The predicted octanol–water partition coefficient (Wildman–Crippen LogP) is 2.19. The van der Waals surface area contributed by atoms with E-state index in [2.05, 4.69) is 10.1 Å². The smallest absolute Gasteiger partial charge is 0.343 e. The van der Waals surface area contributed by atoms with Crippen molar-refractivity contribution in [2.45, 2.75) is 52.9 Å². The monoisotopic (exact) mass is 563 g/mol. The van der Waals surface area contributed by atoms with E-state index in [9.17, 15) is 34.7 Å². The third kappa shape index (κ3) is 4.28. The van der Waals surface area contributed by atoms with Crippen LogP contribution in [0.15, 0.2) is 34.2 Å². The maximum atomic E-state index is 13.7. The van der Waals surface area contributed by atoms with E-state index in [0.29, 0.717) is 22.0 Å². The van der Waals surface area contributed by atoms with Crippen molar-refractivity contribution in [3.63, 3.8) is 0 Å². The van der Waals surface area contributed by atoms with Gasteiger partial charge >= 0.3 is 11.7 Å². The predicted molar refractivity (Wildman–Crippen MR) is 147 cm³/mol. The molecular weight excluding hydrogens is 534 g/mol. The van der Waals surface area contributed by atoms with Crippen LogP contribution in [0.4, 0.5) is 5.69 Å². The first-order chi connectivity index (χ1) is 19.3. The molecule has 0 saturated heterocycles. The zero-order valence-corrected chi connectivity index (χ0v) is 23.0. The van der Waals surface area contributed by atoms with Crippen molar-refractivity contribution in [3.05, 3.63) is 67.0 Å². The van der Waals surface area contributed by atoms with Crippen LogP contribution in [0.5, 0.6) is 0 Å². The van der Waals surface area contributed by atoms with Gasteiger partial charge in [-0.05, 0) is 12.5 Å². The molecule has 2 aliphatic rings. The number of cyclic esters (lactones) is 1. The number of hydrazone groups is 1. The van der Waals surface area contributed by atoms with Gasteiger partial charge in [-0.1, -0.05) is 45.9 Å². The first-order valence-corrected chi connectivity index (χ1v) is 13.1. The van der Waals surface area contributed by atoms with Crippen molar-refractivity contribution >= 4 is 34.7 Å². The average Bonchev–Trinajstić information content (AvgIpc) is 3.30. The number of aliphatic hydroxyl groups is 2. The fourth-order valence-corrected chi connectivity index (χ4v) is 5.35. The zero-order valence-electron chi connectivity index (χ0n) is 23.0. The molecule has 13 heteroatoms. The maximum Gasteiger partial charge on any atom is 0.343 e. The fraction of sp³-hybridized carbons (Fsp3) is 0.393. The summed E-state index contributed by atoms with van der Waals surface area (Å²) in [6.45, 7) is 5.65. The minimum Gasteiger partial charge on any atom is -0.458 e. The summed E-state index contributed by atoms with van der Waals surface area (Å²) < 4.78 is 6.27. The molecular formula is C28H29N5O8. The summed E-state index contributed by atoms with van der Waals surface area (Å²) in [7, 11) is 0. The van der Waals surface area contributed by atoms with E-state index in [-0.39, 0.29) is 54.5 Å². The van der Waals surface area contributed by atoms with Gasteiger partial charge < -0.3 is 14.9 Å². The van der Waals surface area contributed by atoms with Crippen LogP contribution in [0.3, 0.4) is 0 Å². The van der Waals surface area contributed by atoms with Gasteiger partial charge in [0.2, 0.25) is 5.91 Å². The summed E-state index contributed by atoms with van der Waals surface area (Å²) in [5.41, 5.74) is -3.58. The highest BCUT2D eigenvalue weighted by molar-refractivity contribution is 6.03. The number of carbonyl (C=O) groups excluding carboxylic acids is 2. The third-order valence-electron chi connectivity index (χ3n) is 7.42. The summed E-state index contributed by atoms with van der Waals surface area (Å²) in [5.74, 6) is -1.39. The molecule has 41 heavy (non-hydrogen) atoms. The van der Waals surface area contributed by atoms with Crippen LogP contribution >= 0.6 is 0 Å². The summed E-state index contributed by atoms with van der Waals surface area (Å²) in [4.78, 5) is 55.8. The standard InChI is InChI=1S/C28H29N5O8/c1-5-28(38)20-18(14-41-26(28)37)24(35)31-13-17-16(12-29-32(10-11-34)25(36)27(2,3)4)15-8-6-7-9-19(15)30-21(17)23(31)22(20)33(39)40/h6-9,12,34,38H,5,10-11,13-14H2,1-4H3/t28-/m0/s1. The molecule has 2 aliphatic heterocycles. The zero-order chi connectivity index (χ0) is 29.9. The molecule has 13 nitrogen and oxygen atoms in total. The number of fused-ring (bicyclic) bond motifs is 5. The number of para-hydroxylation sites is 1. The average molecular weight is 564 g/mol. The highest BCUT2D eigenvalue weighted by Crippen LogP contribution is 2.47. The van der Waals surface area contributed by atoms with Crippen LogP contribution in [0.1, 0.15) is 56.4 Å². The number of hydrogen-bond donors (Lipinski definition) is 2. The molecule has 2 aromatic heterocycles. The first-order valence-electron chi connectivity index (χ1n) is 13.1. The van der Waals surface area contributed by atoms with E-state index in [1.807, 2.05) is 0 Å². The Labute approximate surface area is 233 Å². The van der Waals surface area contributed by atoms with Crippen LogP contribution in [-0.2, 0) is 33.1 Å². The Morgan fingerprint density at radius 2 is 2.00 bits per heavy atom. The SMILES string of the molecule is CC[C@@]1(O)C(=O)OCc2c1c([N+](=O)[O-])c1n(c2=O)Cc2c-1nc1ccccc1c2C=NN(CCO)C(=O)C(C)(C)C. The number of amides is 1. The normalized spacial score (nSPS) is 17.8. The highest BCUT2D eigenvalue weighted by atomic mass is 16.6. The lowest BCUT2D eigenvalue weighted by molar-refractivity contribution is -0.386. The van der Waals surface area contributed by atoms with Crippen LogP contribution in [0, 0.1) is 15.5 Å². The molecule has 0 bridgehead atoms. The number of pyridine rings is 2. The van der Waals surface area contributed by atoms with Gasteiger partial charge in [-0.25, -0.2) is 14.8 Å². The molecule has 0 unspecified atom stereocenters. The number of nitro groups is 1. The van der Waals surface area contributed by atoms with Gasteiger partial charge in [-0.15, -0.1) is 0 Å². The molecule has 1 aromatic carbocycles. The largest absolute Gasteiger partial charge is 0.458 e. The number of rotatable bonds is 6. The van der Waals surface area contributed by atoms with E-state index < -0.39 is 39.8 Å². The Balaban J connectivity index is 1.81. The summed E-state index contributed by atoms with van der Waals surface area (Å²) in [6.07, 6.45) is 1.18. The van der Waals surface area contributed by atoms with E-state index in [1.165, 1.54) is 17.7 Å². The number of aromatic nitrogens is 2. The fourth-order valence-electron chi connectivity index (χ4n) is 5.35. The van der Waals surface area contributed by atoms with E-state index in [0.717, 1.165) is 5.01 Å². The topological polar surface area (TPSA) is 177 Å². The van der Waals surface area contributed by atoms with Crippen molar-refractivity contribution in [1.82, 2.24) is 14.6 Å².